The third-order valence-electron chi connectivity index (χ3n) is 4.83. The van der Waals surface area contributed by atoms with Gasteiger partial charge in [-0.1, -0.05) is 30.3 Å². The van der Waals surface area contributed by atoms with E-state index in [0.29, 0.717) is 16.9 Å². The molecule has 2 aromatic carbocycles. The summed E-state index contributed by atoms with van der Waals surface area (Å²) in [5.74, 6) is -1.28. The highest BCUT2D eigenvalue weighted by atomic mass is 16.5. The Morgan fingerprint density at radius 3 is 2.33 bits per heavy atom. The minimum absolute atomic E-state index is 0.126. The van der Waals surface area contributed by atoms with E-state index >= 15 is 0 Å². The molecule has 0 unspecified atom stereocenters. The second-order valence-electron chi connectivity index (χ2n) is 6.83. The van der Waals surface area contributed by atoms with Crippen molar-refractivity contribution in [2.75, 3.05) is 5.32 Å². The van der Waals surface area contributed by atoms with Gasteiger partial charge in [-0.15, -0.1) is 0 Å². The summed E-state index contributed by atoms with van der Waals surface area (Å²) < 4.78 is 8.31. The molecular weight excluding hydrogens is 386 g/mol. The summed E-state index contributed by atoms with van der Waals surface area (Å²) in [7, 11) is 1.72. The maximum Gasteiger partial charge on any atom is 0.338 e. The largest absolute Gasteiger partial charge is 0.449 e. The number of para-hydroxylation sites is 1. The number of benzene rings is 2. The molecule has 0 radical (unpaired) electrons. The number of ether oxygens (including phenoxy) is 1. The Labute approximate surface area is 173 Å². The van der Waals surface area contributed by atoms with Crippen LogP contribution in [0.3, 0.4) is 0 Å². The monoisotopic (exact) mass is 409 g/mol. The second kappa shape index (κ2) is 8.79. The van der Waals surface area contributed by atoms with E-state index in [4.69, 9.17) is 9.84 Å². The molecular formula is C22H23N3O5. The topological polar surface area (TPSA) is 103 Å². The van der Waals surface area contributed by atoms with Gasteiger partial charge in [0.15, 0.2) is 6.10 Å². The van der Waals surface area contributed by atoms with Crippen LogP contribution in [0.1, 0.15) is 28.5 Å². The standard InChI is InChI=1S/C22H23N3O5/c1-14-19(21(28)25(24(14)3)18-7-5-4-6-8-18)23-20(27)15(2)30-22(29)17-11-9-16(13-26)10-12-17/h4-12,15,26H,13H2,1-3H3,(H,23,27)/t15-/m1/s1. The molecule has 3 aromatic rings. The van der Waals surface area contributed by atoms with E-state index in [1.807, 2.05) is 18.2 Å². The van der Waals surface area contributed by atoms with Crippen LogP contribution in [0.2, 0.25) is 0 Å². The van der Waals surface area contributed by atoms with Crippen molar-refractivity contribution < 1.29 is 19.4 Å². The van der Waals surface area contributed by atoms with E-state index in [9.17, 15) is 14.4 Å². The van der Waals surface area contributed by atoms with E-state index < -0.39 is 18.0 Å². The third kappa shape index (κ3) is 4.18. The molecule has 30 heavy (non-hydrogen) atoms. The van der Waals surface area contributed by atoms with Gasteiger partial charge in [0.25, 0.3) is 11.5 Å². The number of nitrogens with one attached hydrogen (secondary N) is 1. The Balaban J connectivity index is 1.75. The molecule has 0 spiro atoms. The highest BCUT2D eigenvalue weighted by Gasteiger charge is 2.23. The highest BCUT2D eigenvalue weighted by molar-refractivity contribution is 5.97. The summed E-state index contributed by atoms with van der Waals surface area (Å²) in [5, 5.41) is 11.6. The number of aromatic nitrogens is 2. The van der Waals surface area contributed by atoms with Crippen molar-refractivity contribution in [2.45, 2.75) is 26.6 Å². The summed E-state index contributed by atoms with van der Waals surface area (Å²) in [5.41, 5.74) is 1.89. The lowest BCUT2D eigenvalue weighted by molar-refractivity contribution is -0.123. The minimum Gasteiger partial charge on any atom is -0.449 e. The van der Waals surface area contributed by atoms with Gasteiger partial charge in [-0.2, -0.15) is 0 Å². The van der Waals surface area contributed by atoms with Crippen molar-refractivity contribution in [3.05, 3.63) is 81.8 Å². The van der Waals surface area contributed by atoms with Gasteiger partial charge in [0.1, 0.15) is 5.69 Å². The number of amides is 1. The summed E-state index contributed by atoms with van der Waals surface area (Å²) in [6.07, 6.45) is -1.11. The van der Waals surface area contributed by atoms with Crippen molar-refractivity contribution in [2.24, 2.45) is 7.05 Å². The number of esters is 1. The first-order valence-electron chi connectivity index (χ1n) is 9.39. The molecule has 2 N–H and O–H groups in total. The lowest BCUT2D eigenvalue weighted by Crippen LogP contribution is -2.32. The van der Waals surface area contributed by atoms with Crippen molar-refractivity contribution in [1.82, 2.24) is 9.36 Å². The Hall–Kier alpha value is -3.65. The third-order valence-corrected chi connectivity index (χ3v) is 4.83. The fraction of sp³-hybridized carbons (Fsp3) is 0.227. The molecule has 0 saturated carbocycles. The van der Waals surface area contributed by atoms with Gasteiger partial charge in [-0.25, -0.2) is 9.48 Å². The number of carbonyl (C=O) groups excluding carboxylic acids is 2. The number of rotatable bonds is 6. The van der Waals surface area contributed by atoms with Gasteiger partial charge in [0.05, 0.1) is 23.6 Å². The van der Waals surface area contributed by atoms with Gasteiger partial charge >= 0.3 is 5.97 Å². The normalized spacial score (nSPS) is 11.7. The number of anilines is 1. The van der Waals surface area contributed by atoms with E-state index in [0.717, 1.165) is 0 Å². The predicted octanol–water partition coefficient (Wildman–Crippen LogP) is 2.16. The van der Waals surface area contributed by atoms with E-state index in [1.54, 1.807) is 42.9 Å². The SMILES string of the molecule is Cc1c(NC(=O)[C@@H](C)OC(=O)c2ccc(CO)cc2)c(=O)n(-c2ccccc2)n1C. The zero-order valence-electron chi connectivity index (χ0n) is 17.0. The molecule has 0 bridgehead atoms. The van der Waals surface area contributed by atoms with Crippen LogP contribution < -0.4 is 10.9 Å². The average Bonchev–Trinajstić information content (AvgIpc) is 2.97. The molecule has 8 heteroatoms. The van der Waals surface area contributed by atoms with Crippen molar-refractivity contribution in [3.63, 3.8) is 0 Å². The van der Waals surface area contributed by atoms with E-state index in [1.165, 1.54) is 23.7 Å². The molecule has 0 saturated heterocycles. The van der Waals surface area contributed by atoms with Crippen LogP contribution in [-0.4, -0.2) is 32.5 Å². The molecule has 0 aliphatic heterocycles. The van der Waals surface area contributed by atoms with E-state index in [-0.39, 0.29) is 23.4 Å². The lowest BCUT2D eigenvalue weighted by atomic mass is 10.1. The molecule has 3 rings (SSSR count). The molecule has 1 atom stereocenters. The van der Waals surface area contributed by atoms with Crippen LogP contribution in [0.5, 0.6) is 0 Å². The zero-order chi connectivity index (χ0) is 21.8. The van der Waals surface area contributed by atoms with Crippen LogP contribution >= 0.6 is 0 Å². The zero-order valence-corrected chi connectivity index (χ0v) is 17.0. The fourth-order valence-electron chi connectivity index (χ4n) is 2.97. The van der Waals surface area contributed by atoms with Gasteiger partial charge in [-0.05, 0) is 43.7 Å². The lowest BCUT2D eigenvalue weighted by Gasteiger charge is -2.13. The van der Waals surface area contributed by atoms with Gasteiger partial charge in [-0.3, -0.25) is 14.3 Å². The van der Waals surface area contributed by atoms with Crippen LogP contribution in [0.25, 0.3) is 5.69 Å². The summed E-state index contributed by atoms with van der Waals surface area (Å²) in [4.78, 5) is 37.7. The molecule has 156 valence electrons. The molecule has 0 aliphatic rings. The molecule has 0 aliphatic carbocycles. The van der Waals surface area contributed by atoms with Crippen LogP contribution in [-0.2, 0) is 23.2 Å². The van der Waals surface area contributed by atoms with Crippen LogP contribution in [0.4, 0.5) is 5.69 Å². The Bertz CT molecular complexity index is 1110. The van der Waals surface area contributed by atoms with Gasteiger partial charge in [0, 0.05) is 7.05 Å². The maximum absolute atomic E-state index is 12.9. The average molecular weight is 409 g/mol. The molecule has 0 fully saturated rings. The predicted molar refractivity (Wildman–Crippen MR) is 112 cm³/mol. The van der Waals surface area contributed by atoms with Crippen molar-refractivity contribution >= 4 is 17.6 Å². The van der Waals surface area contributed by atoms with Gasteiger partial charge in [0.2, 0.25) is 0 Å². The Kier molecular flexibility index (Phi) is 6.17. The van der Waals surface area contributed by atoms with Crippen LogP contribution in [0, 0.1) is 6.92 Å². The number of nitrogens with zero attached hydrogens (tertiary/aromatic N) is 2. The summed E-state index contributed by atoms with van der Waals surface area (Å²) in [6, 6.07) is 15.3. The smallest absolute Gasteiger partial charge is 0.338 e. The first-order chi connectivity index (χ1) is 14.3. The quantitative estimate of drug-likeness (QED) is 0.608. The first kappa shape index (κ1) is 21.1. The second-order valence-corrected chi connectivity index (χ2v) is 6.83. The molecule has 1 aromatic heterocycles. The van der Waals surface area contributed by atoms with Crippen molar-refractivity contribution in [1.29, 1.82) is 0 Å². The summed E-state index contributed by atoms with van der Waals surface area (Å²) in [6.45, 7) is 3.02. The Morgan fingerprint density at radius 2 is 1.73 bits per heavy atom. The van der Waals surface area contributed by atoms with E-state index in [2.05, 4.69) is 5.32 Å². The first-order valence-corrected chi connectivity index (χ1v) is 9.39. The highest BCUT2D eigenvalue weighted by Crippen LogP contribution is 2.15. The number of hydrogen-bond donors (Lipinski definition) is 2. The number of carbonyl (C=O) groups is 2. The molecule has 1 heterocycles. The van der Waals surface area contributed by atoms with Crippen LogP contribution in [0.15, 0.2) is 59.4 Å². The maximum atomic E-state index is 12.9. The molecule has 1 amide bonds. The fourth-order valence-corrected chi connectivity index (χ4v) is 2.97. The number of hydrogen-bond acceptors (Lipinski definition) is 5. The molecule has 8 nitrogen and oxygen atoms in total. The number of aliphatic hydroxyl groups is 1. The minimum atomic E-state index is -1.11. The summed E-state index contributed by atoms with van der Waals surface area (Å²) >= 11 is 0. The Morgan fingerprint density at radius 1 is 1.10 bits per heavy atom. The van der Waals surface area contributed by atoms with Crippen molar-refractivity contribution in [3.8, 4) is 5.69 Å². The van der Waals surface area contributed by atoms with Gasteiger partial charge < -0.3 is 15.2 Å². The number of aliphatic hydroxyl groups excluding tert-OH is 1.